The summed E-state index contributed by atoms with van der Waals surface area (Å²) < 4.78 is 3.20. The molecule has 0 spiro atoms. The summed E-state index contributed by atoms with van der Waals surface area (Å²) in [5, 5.41) is 8.85. The third kappa shape index (κ3) is 2.99. The zero-order valence-corrected chi connectivity index (χ0v) is 17.2. The monoisotopic (exact) mass is 402 g/mol. The van der Waals surface area contributed by atoms with Crippen LogP contribution in [0.5, 0.6) is 0 Å². The average molecular weight is 403 g/mol. The van der Waals surface area contributed by atoms with Crippen molar-refractivity contribution < 1.29 is 0 Å². The number of anilines is 2. The molecule has 0 unspecified atom stereocenters. The van der Waals surface area contributed by atoms with E-state index in [9.17, 15) is 4.79 Å². The Bertz CT molecular complexity index is 1080. The van der Waals surface area contributed by atoms with Gasteiger partial charge in [0, 0.05) is 37.4 Å². The Morgan fingerprint density at radius 1 is 1.07 bits per heavy atom. The van der Waals surface area contributed by atoms with Crippen LogP contribution < -0.4 is 15.4 Å². The van der Waals surface area contributed by atoms with Crippen LogP contribution in [-0.4, -0.2) is 55.5 Å². The normalized spacial score (nSPS) is 15.1. The van der Waals surface area contributed by atoms with Crippen molar-refractivity contribution in [1.82, 2.24) is 29.4 Å². The van der Waals surface area contributed by atoms with Crippen LogP contribution >= 0.6 is 11.6 Å². The molecule has 1 aliphatic heterocycles. The lowest BCUT2D eigenvalue weighted by molar-refractivity contribution is 0.501. The number of hydrogen-bond donors (Lipinski definition) is 0. The summed E-state index contributed by atoms with van der Waals surface area (Å²) in [6.07, 6.45) is 3.22. The van der Waals surface area contributed by atoms with E-state index in [1.165, 1.54) is 11.0 Å². The first-order chi connectivity index (χ1) is 13.4. The quantitative estimate of drug-likeness (QED) is 0.661. The molecule has 0 atom stereocenters. The highest BCUT2D eigenvalue weighted by atomic mass is 35.5. The summed E-state index contributed by atoms with van der Waals surface area (Å²) in [6, 6.07) is -0.0288. The van der Waals surface area contributed by atoms with Crippen molar-refractivity contribution >= 4 is 28.9 Å². The maximum Gasteiger partial charge on any atom is 0.287 e. The van der Waals surface area contributed by atoms with Crippen molar-refractivity contribution in [3.8, 4) is 0 Å². The molecule has 0 radical (unpaired) electrons. The third-order valence-corrected chi connectivity index (χ3v) is 5.57. The van der Waals surface area contributed by atoms with Gasteiger partial charge >= 0.3 is 0 Å². The molecule has 1 aliphatic rings. The van der Waals surface area contributed by atoms with Crippen LogP contribution in [0, 0.1) is 13.8 Å². The van der Waals surface area contributed by atoms with E-state index in [1.807, 2.05) is 20.8 Å². The van der Waals surface area contributed by atoms with Crippen molar-refractivity contribution in [2.24, 2.45) is 0 Å². The first kappa shape index (κ1) is 18.7. The first-order valence-corrected chi connectivity index (χ1v) is 9.70. The minimum absolute atomic E-state index is 0.0288. The van der Waals surface area contributed by atoms with Crippen LogP contribution in [-0.2, 0) is 0 Å². The van der Waals surface area contributed by atoms with Gasteiger partial charge in [0.15, 0.2) is 0 Å². The van der Waals surface area contributed by atoms with Gasteiger partial charge < -0.3 is 9.80 Å². The van der Waals surface area contributed by atoms with Crippen molar-refractivity contribution in [3.63, 3.8) is 0 Å². The highest BCUT2D eigenvalue weighted by molar-refractivity contribution is 6.33. The Hall–Kier alpha value is -2.68. The molecule has 3 aromatic heterocycles. The number of nitrogens with zero attached hydrogens (tertiary/aromatic N) is 8. The molecule has 0 aromatic carbocycles. The second kappa shape index (κ2) is 7.05. The predicted molar refractivity (Wildman–Crippen MR) is 109 cm³/mol. The largest absolute Gasteiger partial charge is 0.365 e. The molecule has 0 aliphatic carbocycles. The average Bonchev–Trinajstić information content (AvgIpc) is 3.12. The van der Waals surface area contributed by atoms with Crippen molar-refractivity contribution in [1.29, 1.82) is 0 Å². The Balaban J connectivity index is 1.60. The van der Waals surface area contributed by atoms with E-state index < -0.39 is 0 Å². The van der Waals surface area contributed by atoms with Gasteiger partial charge in [-0.15, -0.1) is 0 Å². The first-order valence-electron chi connectivity index (χ1n) is 9.32. The van der Waals surface area contributed by atoms with Gasteiger partial charge in [0.05, 0.1) is 17.9 Å². The summed E-state index contributed by atoms with van der Waals surface area (Å²) in [7, 11) is 0. The van der Waals surface area contributed by atoms with E-state index in [2.05, 4.69) is 36.9 Å². The molecule has 28 heavy (non-hydrogen) atoms. The molecule has 4 heterocycles. The van der Waals surface area contributed by atoms with Crippen LogP contribution in [0.4, 0.5) is 11.5 Å². The SMILES string of the molecule is Cc1nc2ncnn2c(N2CCN(c3cnn(C(C)C)c(=O)c3Cl)CC2)c1C. The Kier molecular flexibility index (Phi) is 4.70. The van der Waals surface area contributed by atoms with Crippen LogP contribution in [0.2, 0.25) is 5.02 Å². The van der Waals surface area contributed by atoms with Gasteiger partial charge in [0.25, 0.3) is 11.3 Å². The summed E-state index contributed by atoms with van der Waals surface area (Å²) >= 11 is 6.38. The van der Waals surface area contributed by atoms with Crippen LogP contribution in [0.3, 0.4) is 0 Å². The molecule has 1 saturated heterocycles. The molecule has 1 fully saturated rings. The van der Waals surface area contributed by atoms with E-state index in [1.54, 1.807) is 10.7 Å². The predicted octanol–water partition coefficient (Wildman–Crippen LogP) is 1.86. The fourth-order valence-corrected chi connectivity index (χ4v) is 3.83. The number of piperazine rings is 1. The van der Waals surface area contributed by atoms with Gasteiger partial charge in [0.2, 0.25) is 0 Å². The summed E-state index contributed by atoms with van der Waals surface area (Å²) in [5.41, 5.74) is 2.48. The number of aryl methyl sites for hydroxylation is 1. The minimum Gasteiger partial charge on any atom is -0.365 e. The molecule has 0 bridgehead atoms. The Morgan fingerprint density at radius 3 is 2.43 bits per heavy atom. The summed E-state index contributed by atoms with van der Waals surface area (Å²) in [4.78, 5) is 25.6. The molecule has 10 heteroatoms. The van der Waals surface area contributed by atoms with Crippen LogP contribution in [0.1, 0.15) is 31.1 Å². The maximum atomic E-state index is 12.5. The fraction of sp³-hybridized carbons (Fsp3) is 0.500. The van der Waals surface area contributed by atoms with E-state index in [0.717, 1.165) is 43.3 Å². The molecule has 0 amide bonds. The van der Waals surface area contributed by atoms with E-state index in [0.29, 0.717) is 11.5 Å². The van der Waals surface area contributed by atoms with Gasteiger partial charge in [0.1, 0.15) is 17.2 Å². The zero-order chi connectivity index (χ0) is 20.0. The molecule has 4 rings (SSSR count). The molecule has 148 valence electrons. The zero-order valence-electron chi connectivity index (χ0n) is 16.4. The van der Waals surface area contributed by atoms with Gasteiger partial charge in [-0.1, -0.05) is 11.6 Å². The highest BCUT2D eigenvalue weighted by Crippen LogP contribution is 2.27. The van der Waals surface area contributed by atoms with Crippen LogP contribution in [0.25, 0.3) is 5.78 Å². The van der Waals surface area contributed by atoms with Crippen molar-refractivity contribution in [2.75, 3.05) is 36.0 Å². The molecule has 9 nitrogen and oxygen atoms in total. The number of hydrogen-bond acceptors (Lipinski definition) is 7. The lowest BCUT2D eigenvalue weighted by atomic mass is 10.2. The standard InChI is InChI=1S/C18H23ClN8O/c1-11(2)26-17(28)15(19)14(9-21-26)24-5-7-25(8-6-24)16-12(3)13(4)23-18-20-10-22-27(16)18/h9-11H,5-8H2,1-4H3. The number of aromatic nitrogens is 6. The van der Waals surface area contributed by atoms with Gasteiger partial charge in [-0.05, 0) is 27.7 Å². The van der Waals surface area contributed by atoms with E-state index in [-0.39, 0.29) is 16.6 Å². The molecule has 0 N–H and O–H groups in total. The molecular formula is C18H23ClN8O. The smallest absolute Gasteiger partial charge is 0.287 e. The Labute approximate surface area is 167 Å². The van der Waals surface area contributed by atoms with Gasteiger partial charge in [-0.25, -0.2) is 9.67 Å². The molecule has 0 saturated carbocycles. The number of halogens is 1. The lowest BCUT2D eigenvalue weighted by Crippen LogP contribution is -2.48. The lowest BCUT2D eigenvalue weighted by Gasteiger charge is -2.37. The highest BCUT2D eigenvalue weighted by Gasteiger charge is 2.25. The van der Waals surface area contributed by atoms with Gasteiger partial charge in [-0.3, -0.25) is 4.79 Å². The summed E-state index contributed by atoms with van der Waals surface area (Å²) in [5.74, 6) is 1.61. The second-order valence-corrected chi connectivity index (χ2v) is 7.66. The minimum atomic E-state index is -0.249. The van der Waals surface area contributed by atoms with Crippen molar-refractivity contribution in [3.05, 3.63) is 39.2 Å². The molecular weight excluding hydrogens is 380 g/mol. The molecule has 3 aromatic rings. The maximum absolute atomic E-state index is 12.5. The topological polar surface area (TPSA) is 84.4 Å². The number of fused-ring (bicyclic) bond motifs is 1. The fourth-order valence-electron chi connectivity index (χ4n) is 3.57. The third-order valence-electron chi connectivity index (χ3n) is 5.21. The second-order valence-electron chi connectivity index (χ2n) is 7.28. The summed E-state index contributed by atoms with van der Waals surface area (Å²) in [6.45, 7) is 10.8. The van der Waals surface area contributed by atoms with Crippen LogP contribution in [0.15, 0.2) is 17.3 Å². The number of rotatable bonds is 3. The van der Waals surface area contributed by atoms with Gasteiger partial charge in [-0.2, -0.15) is 19.7 Å². The van der Waals surface area contributed by atoms with E-state index in [4.69, 9.17) is 11.6 Å². The van der Waals surface area contributed by atoms with E-state index >= 15 is 0 Å². The van der Waals surface area contributed by atoms with Crippen molar-refractivity contribution in [2.45, 2.75) is 33.7 Å². The Morgan fingerprint density at radius 2 is 1.75 bits per heavy atom.